The van der Waals surface area contributed by atoms with Crippen LogP contribution < -0.4 is 11.1 Å². The molecule has 1 rings (SSSR count). The number of primary amides is 1. The molecule has 18 heavy (non-hydrogen) atoms. The lowest BCUT2D eigenvalue weighted by atomic mass is 10.4. The molecular formula is C10H9BrN2O4S. The fourth-order valence-corrected chi connectivity index (χ4v) is 2.25. The molecule has 0 atom stereocenters. The van der Waals surface area contributed by atoms with Gasteiger partial charge in [-0.05, 0) is 34.1 Å². The molecule has 8 heteroatoms. The van der Waals surface area contributed by atoms with Crippen molar-refractivity contribution in [2.24, 2.45) is 5.73 Å². The maximum Gasteiger partial charge on any atom is 0.331 e. The normalized spacial score (nSPS) is 10.3. The molecule has 0 saturated carbocycles. The molecule has 3 amide bonds. The standard InChI is InChI=1S/C10H9BrN2O4S/c11-7-3-1-6(18-7)2-4-9(15)17-5-8(14)13-10(12)16/h1-4H,5H2,(H3,12,13,14,16)/b4-2+. The van der Waals surface area contributed by atoms with Crippen LogP contribution in [0, 0.1) is 0 Å². The van der Waals surface area contributed by atoms with E-state index in [1.807, 2.05) is 12.1 Å². The van der Waals surface area contributed by atoms with E-state index in [1.165, 1.54) is 17.4 Å². The number of carbonyl (C=O) groups is 3. The van der Waals surface area contributed by atoms with Gasteiger partial charge in [0.2, 0.25) is 0 Å². The van der Waals surface area contributed by atoms with Crippen molar-refractivity contribution in [2.75, 3.05) is 6.61 Å². The molecule has 0 aliphatic carbocycles. The molecule has 0 aromatic carbocycles. The third-order valence-electron chi connectivity index (χ3n) is 1.59. The predicted octanol–water partition coefficient (Wildman–Crippen LogP) is 1.26. The van der Waals surface area contributed by atoms with Crippen LogP contribution in [0.4, 0.5) is 4.79 Å². The first kappa shape index (κ1) is 14.4. The fraction of sp³-hybridized carbons (Fsp3) is 0.100. The van der Waals surface area contributed by atoms with Gasteiger partial charge in [0.15, 0.2) is 6.61 Å². The highest BCUT2D eigenvalue weighted by atomic mass is 79.9. The topological polar surface area (TPSA) is 98.5 Å². The highest BCUT2D eigenvalue weighted by molar-refractivity contribution is 9.11. The van der Waals surface area contributed by atoms with Gasteiger partial charge in [0.1, 0.15) is 0 Å². The second-order valence-corrected chi connectivity index (χ2v) is 5.49. The van der Waals surface area contributed by atoms with Crippen molar-refractivity contribution < 1.29 is 19.1 Å². The number of carbonyl (C=O) groups excluding carboxylic acids is 3. The molecular weight excluding hydrogens is 324 g/mol. The monoisotopic (exact) mass is 332 g/mol. The number of rotatable bonds is 4. The zero-order chi connectivity index (χ0) is 13.5. The summed E-state index contributed by atoms with van der Waals surface area (Å²) in [4.78, 5) is 33.3. The van der Waals surface area contributed by atoms with Crippen LogP contribution >= 0.6 is 27.3 Å². The summed E-state index contributed by atoms with van der Waals surface area (Å²) in [6.45, 7) is -0.555. The number of ether oxygens (including phenoxy) is 1. The molecule has 1 aromatic heterocycles. The molecule has 0 fully saturated rings. The first-order chi connectivity index (χ1) is 8.47. The molecule has 0 bridgehead atoms. The molecule has 0 radical (unpaired) electrons. The second-order valence-electron chi connectivity index (χ2n) is 3.00. The maximum absolute atomic E-state index is 11.2. The highest BCUT2D eigenvalue weighted by Gasteiger charge is 2.06. The number of hydrogen-bond acceptors (Lipinski definition) is 5. The molecule has 0 aliphatic rings. The molecule has 0 spiro atoms. The number of hydrogen-bond donors (Lipinski definition) is 2. The quantitative estimate of drug-likeness (QED) is 0.640. The van der Waals surface area contributed by atoms with E-state index in [4.69, 9.17) is 5.73 Å². The Morgan fingerprint density at radius 3 is 2.72 bits per heavy atom. The van der Waals surface area contributed by atoms with Gasteiger partial charge in [-0.15, -0.1) is 11.3 Å². The molecule has 0 aliphatic heterocycles. The van der Waals surface area contributed by atoms with E-state index in [0.717, 1.165) is 8.66 Å². The summed E-state index contributed by atoms with van der Waals surface area (Å²) in [5.41, 5.74) is 4.71. The molecule has 0 saturated heterocycles. The molecule has 6 nitrogen and oxygen atoms in total. The highest BCUT2D eigenvalue weighted by Crippen LogP contribution is 2.22. The van der Waals surface area contributed by atoms with Crippen molar-refractivity contribution in [3.05, 3.63) is 26.9 Å². The first-order valence-corrected chi connectivity index (χ1v) is 6.28. The molecule has 1 heterocycles. The average Bonchev–Trinajstić information content (AvgIpc) is 2.69. The van der Waals surface area contributed by atoms with Crippen LogP contribution in [-0.2, 0) is 14.3 Å². The van der Waals surface area contributed by atoms with Crippen LogP contribution in [0.5, 0.6) is 0 Å². The van der Waals surface area contributed by atoms with E-state index >= 15 is 0 Å². The minimum Gasteiger partial charge on any atom is -0.452 e. The van der Waals surface area contributed by atoms with Crippen molar-refractivity contribution in [3.8, 4) is 0 Å². The number of amides is 3. The van der Waals surface area contributed by atoms with Crippen molar-refractivity contribution in [2.45, 2.75) is 0 Å². The van der Waals surface area contributed by atoms with E-state index in [9.17, 15) is 14.4 Å². The van der Waals surface area contributed by atoms with E-state index in [-0.39, 0.29) is 0 Å². The van der Waals surface area contributed by atoms with Gasteiger partial charge in [-0.1, -0.05) is 0 Å². The van der Waals surface area contributed by atoms with Crippen molar-refractivity contribution in [1.29, 1.82) is 0 Å². The number of halogens is 1. The summed E-state index contributed by atoms with van der Waals surface area (Å²) in [6, 6.07) is 2.67. The summed E-state index contributed by atoms with van der Waals surface area (Å²) in [6.07, 6.45) is 2.75. The largest absolute Gasteiger partial charge is 0.452 e. The lowest BCUT2D eigenvalue weighted by Crippen LogP contribution is -2.37. The smallest absolute Gasteiger partial charge is 0.331 e. The minimum absolute atomic E-state index is 0.555. The average molecular weight is 333 g/mol. The number of urea groups is 1. The van der Waals surface area contributed by atoms with Crippen molar-refractivity contribution >= 4 is 51.3 Å². The maximum atomic E-state index is 11.2. The van der Waals surface area contributed by atoms with Crippen molar-refractivity contribution in [1.82, 2.24) is 5.32 Å². The zero-order valence-corrected chi connectivity index (χ0v) is 11.4. The zero-order valence-electron chi connectivity index (χ0n) is 9.01. The lowest BCUT2D eigenvalue weighted by Gasteiger charge is -2.00. The molecule has 1 aromatic rings. The third kappa shape index (κ3) is 5.60. The summed E-state index contributed by atoms with van der Waals surface area (Å²) in [7, 11) is 0. The predicted molar refractivity (Wildman–Crippen MR) is 69.7 cm³/mol. The Morgan fingerprint density at radius 2 is 2.17 bits per heavy atom. The van der Waals surface area contributed by atoms with Gasteiger partial charge in [-0.3, -0.25) is 10.1 Å². The minimum atomic E-state index is -0.991. The SMILES string of the molecule is NC(=O)NC(=O)COC(=O)/C=C/c1ccc(Br)s1. The van der Waals surface area contributed by atoms with Crippen molar-refractivity contribution in [3.63, 3.8) is 0 Å². The third-order valence-corrected chi connectivity index (χ3v) is 3.17. The summed E-state index contributed by atoms with van der Waals surface area (Å²) in [5.74, 6) is -1.46. The van der Waals surface area contributed by atoms with Crippen LogP contribution in [0.1, 0.15) is 4.88 Å². The van der Waals surface area contributed by atoms with Gasteiger partial charge >= 0.3 is 12.0 Å². The summed E-state index contributed by atoms with van der Waals surface area (Å²) in [5, 5.41) is 1.77. The molecule has 3 N–H and O–H groups in total. The van der Waals surface area contributed by atoms with Gasteiger partial charge in [0, 0.05) is 11.0 Å². The van der Waals surface area contributed by atoms with Crippen LogP contribution in [0.15, 0.2) is 22.0 Å². The number of imide groups is 1. The van der Waals surface area contributed by atoms with Gasteiger partial charge in [-0.2, -0.15) is 0 Å². The van der Waals surface area contributed by atoms with Gasteiger partial charge in [-0.25, -0.2) is 9.59 Å². The fourth-order valence-electron chi connectivity index (χ4n) is 0.926. The van der Waals surface area contributed by atoms with Crippen LogP contribution in [0.3, 0.4) is 0 Å². The number of nitrogens with one attached hydrogen (secondary N) is 1. The van der Waals surface area contributed by atoms with Crippen LogP contribution in [0.2, 0.25) is 0 Å². The van der Waals surface area contributed by atoms with Crippen LogP contribution in [0.25, 0.3) is 6.08 Å². The Hall–Kier alpha value is -1.67. The van der Waals surface area contributed by atoms with E-state index in [1.54, 1.807) is 11.4 Å². The molecule has 96 valence electrons. The Morgan fingerprint density at radius 1 is 1.44 bits per heavy atom. The number of esters is 1. The summed E-state index contributed by atoms with van der Waals surface area (Å²) >= 11 is 4.73. The van der Waals surface area contributed by atoms with Crippen LogP contribution in [-0.4, -0.2) is 24.5 Å². The number of nitrogens with two attached hydrogens (primary N) is 1. The Balaban J connectivity index is 2.36. The first-order valence-electron chi connectivity index (χ1n) is 4.67. The Kier molecular flexibility index (Phi) is 5.53. The summed E-state index contributed by atoms with van der Waals surface area (Å²) < 4.78 is 5.52. The molecule has 0 unspecified atom stereocenters. The van der Waals surface area contributed by atoms with E-state index < -0.39 is 24.5 Å². The number of thiophene rings is 1. The van der Waals surface area contributed by atoms with Gasteiger partial charge in [0.25, 0.3) is 5.91 Å². The van der Waals surface area contributed by atoms with Gasteiger partial charge in [0.05, 0.1) is 3.79 Å². The Labute approximate surface area is 115 Å². The van der Waals surface area contributed by atoms with Gasteiger partial charge < -0.3 is 10.5 Å². The van der Waals surface area contributed by atoms with E-state index in [2.05, 4.69) is 20.7 Å². The lowest BCUT2D eigenvalue weighted by molar-refractivity contribution is -0.143. The van der Waals surface area contributed by atoms with E-state index in [0.29, 0.717) is 0 Å². The second kappa shape index (κ2) is 6.92. The Bertz CT molecular complexity index is 498.